The Morgan fingerprint density at radius 1 is 1.17 bits per heavy atom. The van der Waals surface area contributed by atoms with Crippen LogP contribution in [0.15, 0.2) is 53.4 Å². The van der Waals surface area contributed by atoms with Gasteiger partial charge in [0, 0.05) is 25.2 Å². The van der Waals surface area contributed by atoms with Crippen molar-refractivity contribution in [2.45, 2.75) is 17.7 Å². The highest BCUT2D eigenvalue weighted by Crippen LogP contribution is 2.26. The highest BCUT2D eigenvalue weighted by atomic mass is 32.2. The van der Waals surface area contributed by atoms with Gasteiger partial charge in [-0.3, -0.25) is 9.59 Å². The zero-order chi connectivity index (χ0) is 21.0. The standard InChI is InChI=1S/C20H23N3O5S/c1-28-17-6-4-16(5-7-17)23-13-15(12-19(23)24)20(25)22-11-10-14-2-8-18(9-3-14)29(21,26)27/h2-9,15H,10-13H2,1H3,(H,22,25)(H2,21,26,27). The van der Waals surface area contributed by atoms with E-state index in [1.54, 1.807) is 48.4 Å². The molecule has 3 rings (SSSR count). The number of carbonyl (C=O) groups is 2. The number of benzene rings is 2. The van der Waals surface area contributed by atoms with Crippen molar-refractivity contribution in [3.63, 3.8) is 0 Å². The number of carbonyl (C=O) groups excluding carboxylic acids is 2. The summed E-state index contributed by atoms with van der Waals surface area (Å²) in [7, 11) is -2.14. The predicted molar refractivity (Wildman–Crippen MR) is 108 cm³/mol. The highest BCUT2D eigenvalue weighted by molar-refractivity contribution is 7.89. The number of hydrogen-bond acceptors (Lipinski definition) is 5. The van der Waals surface area contributed by atoms with Gasteiger partial charge in [0.2, 0.25) is 21.8 Å². The Bertz CT molecular complexity index is 988. The summed E-state index contributed by atoms with van der Waals surface area (Å²) >= 11 is 0. The first-order chi connectivity index (χ1) is 13.8. The molecule has 0 bridgehead atoms. The van der Waals surface area contributed by atoms with E-state index in [1.165, 1.54) is 12.1 Å². The number of nitrogens with zero attached hydrogens (tertiary/aromatic N) is 1. The van der Waals surface area contributed by atoms with E-state index in [9.17, 15) is 18.0 Å². The van der Waals surface area contributed by atoms with Crippen LogP contribution in [0.25, 0.3) is 0 Å². The van der Waals surface area contributed by atoms with Crippen LogP contribution in [0.2, 0.25) is 0 Å². The normalized spacial score (nSPS) is 16.7. The molecule has 3 N–H and O–H groups in total. The SMILES string of the molecule is COc1ccc(N2CC(C(=O)NCCc3ccc(S(N)(=O)=O)cc3)CC2=O)cc1. The number of amides is 2. The van der Waals surface area contributed by atoms with Crippen LogP contribution in [0, 0.1) is 5.92 Å². The molecule has 0 saturated carbocycles. The Kier molecular flexibility index (Phi) is 6.19. The summed E-state index contributed by atoms with van der Waals surface area (Å²) in [6, 6.07) is 13.3. The van der Waals surface area contributed by atoms with E-state index in [0.717, 1.165) is 11.3 Å². The molecule has 0 aliphatic carbocycles. The van der Waals surface area contributed by atoms with Crippen LogP contribution in [0.4, 0.5) is 5.69 Å². The number of rotatable bonds is 7. The Morgan fingerprint density at radius 3 is 2.41 bits per heavy atom. The molecule has 0 aromatic heterocycles. The van der Waals surface area contributed by atoms with Gasteiger partial charge >= 0.3 is 0 Å². The smallest absolute Gasteiger partial charge is 0.238 e. The van der Waals surface area contributed by atoms with Crippen LogP contribution < -0.4 is 20.1 Å². The number of primary sulfonamides is 1. The van der Waals surface area contributed by atoms with Gasteiger partial charge in [-0.2, -0.15) is 0 Å². The third-order valence-electron chi connectivity index (χ3n) is 4.84. The van der Waals surface area contributed by atoms with Crippen LogP contribution >= 0.6 is 0 Å². The zero-order valence-electron chi connectivity index (χ0n) is 16.0. The van der Waals surface area contributed by atoms with Crippen LogP contribution in [0.5, 0.6) is 5.75 Å². The van der Waals surface area contributed by atoms with Gasteiger partial charge in [0.25, 0.3) is 0 Å². The van der Waals surface area contributed by atoms with E-state index in [1.807, 2.05) is 0 Å². The van der Waals surface area contributed by atoms with E-state index in [2.05, 4.69) is 5.32 Å². The molecule has 1 fully saturated rings. The van der Waals surface area contributed by atoms with Gasteiger partial charge in [0.05, 0.1) is 17.9 Å². The zero-order valence-corrected chi connectivity index (χ0v) is 16.8. The second-order valence-corrected chi connectivity index (χ2v) is 8.39. The predicted octanol–water partition coefficient (Wildman–Crippen LogP) is 1.05. The molecule has 1 heterocycles. The first-order valence-corrected chi connectivity index (χ1v) is 10.7. The lowest BCUT2D eigenvalue weighted by atomic mass is 10.1. The molecule has 2 amide bonds. The van der Waals surface area contributed by atoms with Crippen molar-refractivity contribution in [1.82, 2.24) is 5.32 Å². The monoisotopic (exact) mass is 417 g/mol. The van der Waals surface area contributed by atoms with Crippen molar-refractivity contribution in [2.75, 3.05) is 25.1 Å². The summed E-state index contributed by atoms with van der Waals surface area (Å²) in [4.78, 5) is 26.4. The van der Waals surface area contributed by atoms with Gasteiger partial charge < -0.3 is 15.0 Å². The van der Waals surface area contributed by atoms with Crippen molar-refractivity contribution in [1.29, 1.82) is 0 Å². The van der Waals surface area contributed by atoms with Crippen LogP contribution in [-0.2, 0) is 26.0 Å². The summed E-state index contributed by atoms with van der Waals surface area (Å²) in [6.45, 7) is 0.723. The fourth-order valence-corrected chi connectivity index (χ4v) is 3.73. The second kappa shape index (κ2) is 8.62. The molecule has 1 aliphatic rings. The summed E-state index contributed by atoms with van der Waals surface area (Å²) in [6.07, 6.45) is 0.709. The van der Waals surface area contributed by atoms with E-state index >= 15 is 0 Å². The van der Waals surface area contributed by atoms with Gasteiger partial charge in [0.15, 0.2) is 0 Å². The Labute approximate surface area is 169 Å². The molecule has 1 atom stereocenters. The minimum atomic E-state index is -3.72. The molecule has 8 nitrogen and oxygen atoms in total. The molecule has 29 heavy (non-hydrogen) atoms. The summed E-state index contributed by atoms with van der Waals surface area (Å²) in [5.74, 6) is 0.0329. The molecule has 9 heteroatoms. The fourth-order valence-electron chi connectivity index (χ4n) is 3.22. The van der Waals surface area contributed by atoms with Crippen molar-refractivity contribution >= 4 is 27.5 Å². The third kappa shape index (κ3) is 5.12. The van der Waals surface area contributed by atoms with E-state index in [-0.39, 0.29) is 23.1 Å². The Morgan fingerprint density at radius 2 is 1.83 bits per heavy atom. The number of sulfonamides is 1. The van der Waals surface area contributed by atoms with Crippen LogP contribution in [0.1, 0.15) is 12.0 Å². The number of nitrogens with one attached hydrogen (secondary N) is 1. The third-order valence-corrected chi connectivity index (χ3v) is 5.77. The number of methoxy groups -OCH3 is 1. The lowest BCUT2D eigenvalue weighted by Gasteiger charge is -2.17. The molecule has 2 aromatic rings. The molecule has 2 aromatic carbocycles. The number of hydrogen-bond donors (Lipinski definition) is 2. The van der Waals surface area contributed by atoms with Crippen LogP contribution in [0.3, 0.4) is 0 Å². The van der Waals surface area contributed by atoms with E-state index < -0.39 is 15.9 Å². The highest BCUT2D eigenvalue weighted by Gasteiger charge is 2.34. The average Bonchev–Trinajstić information content (AvgIpc) is 3.09. The number of nitrogens with two attached hydrogens (primary N) is 1. The molecule has 0 spiro atoms. The van der Waals surface area contributed by atoms with Gasteiger partial charge in [-0.1, -0.05) is 12.1 Å². The van der Waals surface area contributed by atoms with Crippen molar-refractivity contribution in [3.8, 4) is 5.75 Å². The Hall–Kier alpha value is -2.91. The quantitative estimate of drug-likeness (QED) is 0.698. The summed E-state index contributed by atoms with van der Waals surface area (Å²) in [5, 5.41) is 7.92. The molecular formula is C20H23N3O5S. The topological polar surface area (TPSA) is 119 Å². The molecule has 154 valence electrons. The van der Waals surface area contributed by atoms with E-state index in [4.69, 9.17) is 9.88 Å². The minimum Gasteiger partial charge on any atom is -0.497 e. The second-order valence-electron chi connectivity index (χ2n) is 6.83. The average molecular weight is 417 g/mol. The van der Waals surface area contributed by atoms with Gasteiger partial charge in [-0.25, -0.2) is 13.6 Å². The van der Waals surface area contributed by atoms with Crippen molar-refractivity contribution in [3.05, 3.63) is 54.1 Å². The van der Waals surface area contributed by atoms with Crippen LogP contribution in [-0.4, -0.2) is 40.4 Å². The molecular weight excluding hydrogens is 394 g/mol. The first-order valence-electron chi connectivity index (χ1n) is 9.12. The lowest BCUT2D eigenvalue weighted by molar-refractivity contribution is -0.126. The number of ether oxygens (including phenoxy) is 1. The maximum atomic E-state index is 12.4. The van der Waals surface area contributed by atoms with Crippen molar-refractivity contribution in [2.24, 2.45) is 11.1 Å². The maximum Gasteiger partial charge on any atom is 0.238 e. The molecule has 0 radical (unpaired) electrons. The molecule has 1 aliphatic heterocycles. The van der Waals surface area contributed by atoms with Gasteiger partial charge in [0.1, 0.15) is 5.75 Å². The Balaban J connectivity index is 1.51. The van der Waals surface area contributed by atoms with E-state index in [0.29, 0.717) is 25.3 Å². The summed E-state index contributed by atoms with van der Waals surface area (Å²) in [5.41, 5.74) is 1.61. The largest absolute Gasteiger partial charge is 0.497 e. The number of anilines is 1. The molecule has 1 saturated heterocycles. The van der Waals surface area contributed by atoms with Crippen molar-refractivity contribution < 1.29 is 22.7 Å². The van der Waals surface area contributed by atoms with Gasteiger partial charge in [-0.05, 0) is 48.4 Å². The minimum absolute atomic E-state index is 0.0494. The first kappa shape index (κ1) is 20.8. The lowest BCUT2D eigenvalue weighted by Crippen LogP contribution is -2.34. The maximum absolute atomic E-state index is 12.4. The molecule has 1 unspecified atom stereocenters. The van der Waals surface area contributed by atoms with Gasteiger partial charge in [-0.15, -0.1) is 0 Å². The fraction of sp³-hybridized carbons (Fsp3) is 0.300. The summed E-state index contributed by atoms with van der Waals surface area (Å²) < 4.78 is 27.6.